The number of carbonyl (C=O) groups excluding carboxylic acids is 3. The Morgan fingerprint density at radius 2 is 0.852 bits per heavy atom. The molecule has 0 saturated carbocycles. The van der Waals surface area contributed by atoms with Crippen molar-refractivity contribution in [2.24, 2.45) is 0 Å². The van der Waals surface area contributed by atoms with Crippen LogP contribution < -0.4 is 108 Å². The summed E-state index contributed by atoms with van der Waals surface area (Å²) in [5, 5.41) is 8.43. The molecule has 6 aromatic rings. The van der Waals surface area contributed by atoms with Gasteiger partial charge in [0.15, 0.2) is 11.6 Å². The SMILES string of the molecule is C#Cc1ccc(-c2ccc(C(=O)c3ccccc3)cc2)cc1.C[Si](C)(C)C#Cc1ccc(-c2ccc(C(=O)c3ccccc3)cc2)cc1.O=CO[O-].[H-].[K+].[K+]. The molecule has 0 aromatic heterocycles. The van der Waals surface area contributed by atoms with Crippen LogP contribution in [0.3, 0.4) is 0 Å². The second-order valence-electron chi connectivity index (χ2n) is 12.5. The van der Waals surface area contributed by atoms with E-state index in [1.165, 1.54) is 0 Å². The first kappa shape index (κ1) is 46.9. The monoisotopic (exact) mass is 776 g/mol. The Hall–Kier alpha value is -3.30. The van der Waals surface area contributed by atoms with Gasteiger partial charge in [-0.3, -0.25) is 14.4 Å². The summed E-state index contributed by atoms with van der Waals surface area (Å²) in [4.78, 5) is 36.1. The number of carbonyl (C=O) groups is 3. The molecule has 0 fully saturated rings. The molecular weight excluding hydrogens is 739 g/mol. The Kier molecular flexibility index (Phi) is 21.1. The van der Waals surface area contributed by atoms with Gasteiger partial charge in [-0.05, 0) is 46.5 Å². The molecule has 258 valence electrons. The Balaban J connectivity index is 0.000000482. The molecule has 0 heterocycles. The Bertz CT molecular complexity index is 2190. The molecule has 0 atom stereocenters. The van der Waals surface area contributed by atoms with Crippen molar-refractivity contribution in [1.29, 1.82) is 0 Å². The zero-order valence-electron chi connectivity index (χ0n) is 32.2. The molecular formula is C46H38K2O5Si. The molecule has 6 aromatic carbocycles. The van der Waals surface area contributed by atoms with Gasteiger partial charge >= 0.3 is 103 Å². The van der Waals surface area contributed by atoms with Crippen LogP contribution in [0, 0.1) is 23.8 Å². The Labute approximate surface area is 405 Å². The fourth-order valence-electron chi connectivity index (χ4n) is 4.91. The largest absolute Gasteiger partial charge is 1.00 e. The normalized spacial score (nSPS) is 9.61. The number of hydrogen-bond donors (Lipinski definition) is 0. The molecule has 0 radical (unpaired) electrons. The molecule has 0 unspecified atom stereocenters. The van der Waals surface area contributed by atoms with E-state index in [4.69, 9.17) is 16.5 Å². The van der Waals surface area contributed by atoms with Crippen molar-refractivity contribution in [3.8, 4) is 46.1 Å². The van der Waals surface area contributed by atoms with Crippen LogP contribution in [-0.2, 0) is 9.68 Å². The predicted octanol–water partition coefficient (Wildman–Crippen LogP) is 2.93. The zero-order valence-corrected chi connectivity index (χ0v) is 38.5. The van der Waals surface area contributed by atoms with Gasteiger partial charge in [-0.15, -0.1) is 12.0 Å². The van der Waals surface area contributed by atoms with Gasteiger partial charge in [0.2, 0.25) is 0 Å². The van der Waals surface area contributed by atoms with Crippen LogP contribution in [0.5, 0.6) is 0 Å². The van der Waals surface area contributed by atoms with E-state index in [-0.39, 0.29) is 122 Å². The van der Waals surface area contributed by atoms with E-state index in [1.807, 2.05) is 133 Å². The predicted molar refractivity (Wildman–Crippen MR) is 210 cm³/mol. The molecule has 6 rings (SSSR count). The maximum absolute atomic E-state index is 12.5. The van der Waals surface area contributed by atoms with Crippen molar-refractivity contribution in [2.75, 3.05) is 0 Å². The van der Waals surface area contributed by atoms with Crippen molar-refractivity contribution >= 4 is 26.1 Å². The summed E-state index contributed by atoms with van der Waals surface area (Å²) in [5.74, 6) is 5.96. The summed E-state index contributed by atoms with van der Waals surface area (Å²) in [7, 11) is -1.36. The fourth-order valence-corrected chi connectivity index (χ4v) is 5.42. The van der Waals surface area contributed by atoms with Gasteiger partial charge in [0.25, 0.3) is 6.47 Å². The Morgan fingerprint density at radius 1 is 0.556 bits per heavy atom. The quantitative estimate of drug-likeness (QED) is 0.0623. The van der Waals surface area contributed by atoms with E-state index in [0.717, 1.165) is 33.4 Å². The van der Waals surface area contributed by atoms with Crippen molar-refractivity contribution in [3.63, 3.8) is 0 Å². The molecule has 0 N–H and O–H groups in total. The third-order valence-electron chi connectivity index (χ3n) is 7.59. The molecule has 0 amide bonds. The first-order chi connectivity index (χ1) is 25.1. The van der Waals surface area contributed by atoms with Crippen molar-refractivity contribution < 1.29 is 129 Å². The number of terminal acetylenes is 1. The molecule has 0 spiro atoms. The molecule has 0 aliphatic carbocycles. The standard InChI is InChI=1S/C24H22OSi.C21H14O.CH2O3.2K.H/c1-26(2,3)18-17-19-9-11-20(12-10-19)21-13-15-23(16-14-21)24(25)22-7-5-4-6-8-22;1-2-16-8-10-17(11-9-16)18-12-14-20(15-13-18)21(22)19-6-4-3-5-7-19;2-1-4-3;;;/h4-16H,1-3H3;1,3-15H;1,3H;;;/q;;;2*+1;-1/p-1. The van der Waals surface area contributed by atoms with Crippen molar-refractivity contribution in [3.05, 3.63) is 191 Å². The van der Waals surface area contributed by atoms with Crippen LogP contribution in [0.1, 0.15) is 44.4 Å². The number of ketones is 2. The zero-order chi connectivity index (χ0) is 37.3. The van der Waals surface area contributed by atoms with E-state index in [0.29, 0.717) is 22.3 Å². The minimum atomic E-state index is -1.36. The molecule has 8 heteroatoms. The third kappa shape index (κ3) is 15.1. The summed E-state index contributed by atoms with van der Waals surface area (Å²) in [5.41, 5.74) is 12.5. The van der Waals surface area contributed by atoms with E-state index in [2.05, 4.69) is 66.2 Å². The van der Waals surface area contributed by atoms with Crippen LogP contribution in [-0.4, -0.2) is 26.1 Å². The average Bonchev–Trinajstić information content (AvgIpc) is 3.20. The summed E-state index contributed by atoms with van der Waals surface area (Å²) in [6.45, 7) is 6.55. The van der Waals surface area contributed by atoms with Gasteiger partial charge < -0.3 is 11.6 Å². The first-order valence-corrected chi connectivity index (χ1v) is 19.9. The summed E-state index contributed by atoms with van der Waals surface area (Å²) < 4.78 is 0. The van der Waals surface area contributed by atoms with Crippen LogP contribution in [0.2, 0.25) is 19.6 Å². The van der Waals surface area contributed by atoms with Crippen molar-refractivity contribution in [2.45, 2.75) is 19.6 Å². The number of hydrogen-bond acceptors (Lipinski definition) is 5. The second kappa shape index (κ2) is 24.3. The molecule has 5 nitrogen and oxygen atoms in total. The maximum atomic E-state index is 12.5. The van der Waals surface area contributed by atoms with Crippen LogP contribution in [0.25, 0.3) is 22.3 Å². The van der Waals surface area contributed by atoms with Gasteiger partial charge in [0.1, 0.15) is 8.07 Å². The summed E-state index contributed by atoms with van der Waals surface area (Å²) in [6, 6.07) is 50.2. The minimum Gasteiger partial charge on any atom is -1.00 e. The van der Waals surface area contributed by atoms with Crippen LogP contribution >= 0.6 is 0 Å². The third-order valence-corrected chi connectivity index (χ3v) is 8.47. The van der Waals surface area contributed by atoms with Crippen molar-refractivity contribution in [1.82, 2.24) is 0 Å². The molecule has 0 aliphatic heterocycles. The van der Waals surface area contributed by atoms with Gasteiger partial charge in [0.05, 0.1) is 0 Å². The van der Waals surface area contributed by atoms with Gasteiger partial charge in [-0.1, -0.05) is 165 Å². The number of benzene rings is 6. The summed E-state index contributed by atoms with van der Waals surface area (Å²) >= 11 is 0. The second-order valence-corrected chi connectivity index (χ2v) is 17.3. The molecule has 54 heavy (non-hydrogen) atoms. The topological polar surface area (TPSA) is 83.5 Å². The number of rotatable bonds is 7. The first-order valence-electron chi connectivity index (χ1n) is 16.4. The van der Waals surface area contributed by atoms with E-state index in [1.54, 1.807) is 0 Å². The van der Waals surface area contributed by atoms with Gasteiger partial charge in [-0.25, -0.2) is 0 Å². The minimum absolute atomic E-state index is 0. The summed E-state index contributed by atoms with van der Waals surface area (Å²) in [6.07, 6.45) is 5.36. The smallest absolute Gasteiger partial charge is 1.00 e. The van der Waals surface area contributed by atoms with Crippen LogP contribution in [0.4, 0.5) is 0 Å². The van der Waals surface area contributed by atoms with Crippen LogP contribution in [0.15, 0.2) is 158 Å². The molecule has 0 saturated heterocycles. The molecule has 0 bridgehead atoms. The van der Waals surface area contributed by atoms with E-state index in [9.17, 15) is 9.59 Å². The fraction of sp³-hybridized carbons (Fsp3) is 0.0652. The van der Waals surface area contributed by atoms with E-state index < -0.39 is 8.07 Å². The maximum Gasteiger partial charge on any atom is 1.00 e. The van der Waals surface area contributed by atoms with Gasteiger partial charge in [-0.2, -0.15) is 0 Å². The average molecular weight is 777 g/mol. The molecule has 0 aliphatic rings. The van der Waals surface area contributed by atoms with Gasteiger partial charge in [0, 0.05) is 33.4 Å². The van der Waals surface area contributed by atoms with E-state index >= 15 is 0 Å². The Morgan fingerprint density at radius 3 is 1.15 bits per heavy atom.